The summed E-state index contributed by atoms with van der Waals surface area (Å²) >= 11 is 1.65. The van der Waals surface area contributed by atoms with E-state index in [0.717, 1.165) is 6.42 Å². The summed E-state index contributed by atoms with van der Waals surface area (Å²) in [6.45, 7) is 7.50. The lowest BCUT2D eigenvalue weighted by Crippen LogP contribution is -2.69. The Morgan fingerprint density at radius 2 is 2.15 bits per heavy atom. The zero-order valence-corrected chi connectivity index (χ0v) is 13.3. The lowest BCUT2D eigenvalue weighted by atomic mass is 9.93. The van der Waals surface area contributed by atoms with Crippen LogP contribution in [0.2, 0.25) is 0 Å². The largest absolute Gasteiger partial charge is 0.340 e. The number of rotatable bonds is 4. The maximum Gasteiger partial charge on any atom is 0.248 e. The van der Waals surface area contributed by atoms with Gasteiger partial charge >= 0.3 is 0 Å². The summed E-state index contributed by atoms with van der Waals surface area (Å²) in [4.78, 5) is 26.6. The SMILES string of the molecule is CCC1C(=O)NC(C)(C)C(=O)N1C(C)Cc1ccsc1. The van der Waals surface area contributed by atoms with Gasteiger partial charge in [-0.25, -0.2) is 0 Å². The summed E-state index contributed by atoms with van der Waals surface area (Å²) in [6.07, 6.45) is 1.43. The van der Waals surface area contributed by atoms with Gasteiger partial charge in [-0.05, 0) is 56.0 Å². The Bertz CT molecular complexity index is 496. The van der Waals surface area contributed by atoms with Gasteiger partial charge < -0.3 is 10.2 Å². The number of nitrogens with one attached hydrogen (secondary N) is 1. The molecule has 0 aliphatic carbocycles. The minimum absolute atomic E-state index is 0.00618. The average Bonchev–Trinajstić information content (AvgIpc) is 2.85. The molecule has 20 heavy (non-hydrogen) atoms. The van der Waals surface area contributed by atoms with Crippen LogP contribution in [-0.2, 0) is 16.0 Å². The van der Waals surface area contributed by atoms with Gasteiger partial charge in [-0.3, -0.25) is 9.59 Å². The molecule has 2 amide bonds. The predicted octanol–water partition coefficient (Wildman–Crippen LogP) is 2.19. The molecule has 1 fully saturated rings. The first-order valence-electron chi connectivity index (χ1n) is 7.02. The Balaban J connectivity index is 2.24. The Kier molecular flexibility index (Phi) is 4.18. The first kappa shape index (κ1) is 15.0. The quantitative estimate of drug-likeness (QED) is 0.925. The van der Waals surface area contributed by atoms with Crippen LogP contribution in [0.25, 0.3) is 0 Å². The van der Waals surface area contributed by atoms with Gasteiger partial charge in [0.15, 0.2) is 0 Å². The molecule has 0 spiro atoms. The average molecular weight is 294 g/mol. The maximum atomic E-state index is 12.6. The molecule has 1 aromatic rings. The fraction of sp³-hybridized carbons (Fsp3) is 0.600. The third-order valence-electron chi connectivity index (χ3n) is 3.82. The van der Waals surface area contributed by atoms with E-state index < -0.39 is 5.54 Å². The maximum absolute atomic E-state index is 12.6. The molecule has 1 aromatic heterocycles. The van der Waals surface area contributed by atoms with Gasteiger partial charge in [-0.1, -0.05) is 6.92 Å². The van der Waals surface area contributed by atoms with Crippen LogP contribution < -0.4 is 5.32 Å². The van der Waals surface area contributed by atoms with Crippen molar-refractivity contribution in [3.8, 4) is 0 Å². The van der Waals surface area contributed by atoms with Gasteiger partial charge in [0.2, 0.25) is 11.8 Å². The summed E-state index contributed by atoms with van der Waals surface area (Å²) in [6, 6.07) is 1.73. The fourth-order valence-corrected chi connectivity index (χ4v) is 3.45. The highest BCUT2D eigenvalue weighted by Gasteiger charge is 2.46. The van der Waals surface area contributed by atoms with Crippen LogP contribution in [0.5, 0.6) is 0 Å². The number of nitrogens with zero attached hydrogens (tertiary/aromatic N) is 1. The van der Waals surface area contributed by atoms with Gasteiger partial charge in [-0.2, -0.15) is 11.3 Å². The standard InChI is InChI=1S/C15H22N2O2S/c1-5-12-13(18)16-15(3,4)14(19)17(12)10(2)8-11-6-7-20-9-11/h6-7,9-10,12H,5,8H2,1-4H3,(H,16,18). The number of amides is 2. The lowest BCUT2D eigenvalue weighted by molar-refractivity contribution is -0.156. The molecule has 1 aliphatic rings. The summed E-state index contributed by atoms with van der Waals surface area (Å²) in [5.41, 5.74) is 0.403. The van der Waals surface area contributed by atoms with Crippen molar-refractivity contribution in [2.75, 3.05) is 0 Å². The highest BCUT2D eigenvalue weighted by atomic mass is 32.1. The smallest absolute Gasteiger partial charge is 0.248 e. The Hall–Kier alpha value is -1.36. The molecule has 5 heteroatoms. The van der Waals surface area contributed by atoms with E-state index in [0.29, 0.717) is 6.42 Å². The molecule has 0 radical (unpaired) electrons. The Morgan fingerprint density at radius 1 is 1.45 bits per heavy atom. The summed E-state index contributed by atoms with van der Waals surface area (Å²) in [5, 5.41) is 6.95. The summed E-state index contributed by atoms with van der Waals surface area (Å²) in [7, 11) is 0. The van der Waals surface area contributed by atoms with E-state index in [1.807, 2.05) is 19.2 Å². The molecule has 1 aliphatic heterocycles. The van der Waals surface area contributed by atoms with Crippen molar-refractivity contribution in [2.24, 2.45) is 0 Å². The van der Waals surface area contributed by atoms with E-state index >= 15 is 0 Å². The van der Waals surface area contributed by atoms with Crippen LogP contribution in [-0.4, -0.2) is 34.3 Å². The normalized spacial score (nSPS) is 23.6. The minimum atomic E-state index is -0.814. The van der Waals surface area contributed by atoms with E-state index in [4.69, 9.17) is 0 Å². The Morgan fingerprint density at radius 3 is 2.70 bits per heavy atom. The first-order chi connectivity index (χ1) is 9.36. The predicted molar refractivity (Wildman–Crippen MR) is 80.6 cm³/mol. The third-order valence-corrected chi connectivity index (χ3v) is 4.55. The number of hydrogen-bond donors (Lipinski definition) is 1. The molecular formula is C15H22N2O2S. The number of hydrogen-bond acceptors (Lipinski definition) is 3. The van der Waals surface area contributed by atoms with Gasteiger partial charge in [0.05, 0.1) is 0 Å². The Labute approximate surface area is 124 Å². The van der Waals surface area contributed by atoms with Crippen molar-refractivity contribution in [2.45, 2.75) is 58.2 Å². The van der Waals surface area contributed by atoms with Gasteiger partial charge in [-0.15, -0.1) is 0 Å². The third kappa shape index (κ3) is 2.73. The van der Waals surface area contributed by atoms with Crippen molar-refractivity contribution in [1.82, 2.24) is 10.2 Å². The van der Waals surface area contributed by atoms with Gasteiger partial charge in [0.25, 0.3) is 0 Å². The van der Waals surface area contributed by atoms with Crippen molar-refractivity contribution >= 4 is 23.2 Å². The zero-order chi connectivity index (χ0) is 14.9. The summed E-state index contributed by atoms with van der Waals surface area (Å²) < 4.78 is 0. The molecule has 0 bridgehead atoms. The lowest BCUT2D eigenvalue weighted by Gasteiger charge is -2.45. The molecule has 2 rings (SSSR count). The second-order valence-electron chi connectivity index (χ2n) is 5.94. The zero-order valence-electron chi connectivity index (χ0n) is 12.5. The van der Waals surface area contributed by atoms with Crippen LogP contribution in [0.4, 0.5) is 0 Å². The molecule has 110 valence electrons. The molecule has 0 aromatic carbocycles. The molecule has 1 saturated heterocycles. The van der Waals surface area contributed by atoms with Crippen molar-refractivity contribution in [1.29, 1.82) is 0 Å². The van der Waals surface area contributed by atoms with E-state index in [1.54, 1.807) is 30.1 Å². The van der Waals surface area contributed by atoms with Crippen LogP contribution in [0.1, 0.15) is 39.7 Å². The molecule has 1 N–H and O–H groups in total. The molecule has 2 atom stereocenters. The number of carbonyl (C=O) groups excluding carboxylic acids is 2. The molecule has 2 heterocycles. The second-order valence-corrected chi connectivity index (χ2v) is 6.72. The van der Waals surface area contributed by atoms with Crippen LogP contribution >= 0.6 is 11.3 Å². The van der Waals surface area contributed by atoms with Crippen molar-refractivity contribution in [3.63, 3.8) is 0 Å². The fourth-order valence-electron chi connectivity index (χ4n) is 2.77. The second kappa shape index (κ2) is 5.56. The van der Waals surface area contributed by atoms with Gasteiger partial charge in [0, 0.05) is 6.04 Å². The van der Waals surface area contributed by atoms with Crippen LogP contribution in [0, 0.1) is 0 Å². The van der Waals surface area contributed by atoms with E-state index in [9.17, 15) is 9.59 Å². The van der Waals surface area contributed by atoms with E-state index in [1.165, 1.54) is 5.56 Å². The van der Waals surface area contributed by atoms with E-state index in [-0.39, 0.29) is 23.9 Å². The van der Waals surface area contributed by atoms with Crippen LogP contribution in [0.15, 0.2) is 16.8 Å². The van der Waals surface area contributed by atoms with Crippen LogP contribution in [0.3, 0.4) is 0 Å². The topological polar surface area (TPSA) is 49.4 Å². The number of piperazine rings is 1. The molecule has 0 saturated carbocycles. The van der Waals surface area contributed by atoms with Crippen molar-refractivity contribution < 1.29 is 9.59 Å². The number of carbonyl (C=O) groups is 2. The number of thiophene rings is 1. The van der Waals surface area contributed by atoms with Gasteiger partial charge in [0.1, 0.15) is 11.6 Å². The first-order valence-corrected chi connectivity index (χ1v) is 7.97. The van der Waals surface area contributed by atoms with E-state index in [2.05, 4.69) is 16.8 Å². The summed E-state index contributed by atoms with van der Waals surface area (Å²) in [5.74, 6) is -0.0408. The molecular weight excluding hydrogens is 272 g/mol. The molecule has 4 nitrogen and oxygen atoms in total. The monoisotopic (exact) mass is 294 g/mol. The molecule has 2 unspecified atom stereocenters. The highest BCUT2D eigenvalue weighted by Crippen LogP contribution is 2.24. The minimum Gasteiger partial charge on any atom is -0.340 e. The van der Waals surface area contributed by atoms with Crippen molar-refractivity contribution in [3.05, 3.63) is 22.4 Å². The highest BCUT2D eigenvalue weighted by molar-refractivity contribution is 7.07.